The molecule has 0 radical (unpaired) electrons. The quantitative estimate of drug-likeness (QED) is 0.293. The van der Waals surface area contributed by atoms with E-state index in [1.54, 1.807) is 24.3 Å². The maximum Gasteiger partial charge on any atom is 0.414 e. The monoisotopic (exact) mass is 359 g/mol. The van der Waals surface area contributed by atoms with Crippen molar-refractivity contribution in [3.05, 3.63) is 42.5 Å². The highest BCUT2D eigenvalue weighted by Gasteiger charge is 2.15. The van der Waals surface area contributed by atoms with E-state index < -0.39 is 6.09 Å². The van der Waals surface area contributed by atoms with Gasteiger partial charge in [0.05, 0.1) is 5.69 Å². The van der Waals surface area contributed by atoms with E-state index in [9.17, 15) is 9.59 Å². The van der Waals surface area contributed by atoms with Crippen LogP contribution in [0.5, 0.6) is 0 Å². The molecule has 1 N–H and O–H groups in total. The van der Waals surface area contributed by atoms with Gasteiger partial charge in [-0.2, -0.15) is 0 Å². The number of ether oxygens (including phenoxy) is 1. The van der Waals surface area contributed by atoms with Gasteiger partial charge in [0.2, 0.25) is 5.96 Å². The van der Waals surface area contributed by atoms with Crippen molar-refractivity contribution in [2.45, 2.75) is 39.5 Å². The van der Waals surface area contributed by atoms with Gasteiger partial charge in [-0.25, -0.2) is 9.79 Å². The molecule has 0 spiro atoms. The number of nitrogens with zero attached hydrogens (tertiary/aromatic N) is 2. The first kappa shape index (κ1) is 21.4. The highest BCUT2D eigenvalue weighted by molar-refractivity contribution is 5.95. The zero-order valence-corrected chi connectivity index (χ0v) is 15.7. The molecule has 26 heavy (non-hydrogen) atoms. The molecule has 0 aliphatic carbocycles. The van der Waals surface area contributed by atoms with E-state index in [0.29, 0.717) is 17.2 Å². The molecule has 1 aromatic carbocycles. The molecule has 0 atom stereocenters. The fourth-order valence-corrected chi connectivity index (χ4v) is 2.21. The molecule has 0 aliphatic rings. The number of benzene rings is 1. The molecule has 0 fully saturated rings. The fraction of sp³-hybridized carbons (Fsp3) is 0.450. The number of unbranched alkanes of at least 4 members (excludes halogenated alkanes) is 2. The van der Waals surface area contributed by atoms with Crippen LogP contribution in [0.3, 0.4) is 0 Å². The van der Waals surface area contributed by atoms with Crippen molar-refractivity contribution in [1.29, 1.82) is 0 Å². The number of rotatable bonds is 10. The van der Waals surface area contributed by atoms with Crippen molar-refractivity contribution in [1.82, 2.24) is 10.2 Å². The zero-order chi connectivity index (χ0) is 19.2. The van der Waals surface area contributed by atoms with Gasteiger partial charge in [-0.05, 0) is 37.1 Å². The Kier molecular flexibility index (Phi) is 10.5. The minimum Gasteiger partial charge on any atom is -0.445 e. The first-order valence-electron chi connectivity index (χ1n) is 9.08. The number of nitrogens with one attached hydrogen (secondary N) is 1. The van der Waals surface area contributed by atoms with Crippen LogP contribution in [-0.4, -0.2) is 42.9 Å². The van der Waals surface area contributed by atoms with Gasteiger partial charge in [-0.1, -0.05) is 39.3 Å². The van der Waals surface area contributed by atoms with Crippen molar-refractivity contribution in [2.24, 2.45) is 4.99 Å². The minimum atomic E-state index is -0.564. The van der Waals surface area contributed by atoms with Crippen LogP contribution in [0.1, 0.15) is 49.9 Å². The van der Waals surface area contributed by atoms with Gasteiger partial charge in [0.1, 0.15) is 12.9 Å². The molecular formula is C20H29N3O3. The normalized spacial score (nSPS) is 10.9. The summed E-state index contributed by atoms with van der Waals surface area (Å²) in [5.41, 5.74) is 1.24. The van der Waals surface area contributed by atoms with Gasteiger partial charge >= 0.3 is 6.09 Å². The van der Waals surface area contributed by atoms with Crippen LogP contribution in [0.4, 0.5) is 10.5 Å². The van der Waals surface area contributed by atoms with E-state index in [4.69, 9.17) is 4.74 Å². The highest BCUT2D eigenvalue weighted by Crippen LogP contribution is 2.14. The molecule has 142 valence electrons. The Balaban J connectivity index is 3.06. The first-order chi connectivity index (χ1) is 12.6. The van der Waals surface area contributed by atoms with Gasteiger partial charge in [0, 0.05) is 18.7 Å². The summed E-state index contributed by atoms with van der Waals surface area (Å²) in [5.74, 6) is 0.458. The van der Waals surface area contributed by atoms with E-state index in [0.717, 1.165) is 45.1 Å². The second kappa shape index (κ2) is 12.7. The van der Waals surface area contributed by atoms with Crippen molar-refractivity contribution in [2.75, 3.05) is 19.7 Å². The molecule has 0 bridgehead atoms. The number of aldehydes is 1. The second-order valence-electron chi connectivity index (χ2n) is 5.85. The van der Waals surface area contributed by atoms with Gasteiger partial charge < -0.3 is 9.64 Å². The third kappa shape index (κ3) is 7.96. The topological polar surface area (TPSA) is 71.0 Å². The number of hydrogen-bond acceptors (Lipinski definition) is 4. The summed E-state index contributed by atoms with van der Waals surface area (Å²) in [6.45, 7) is 9.51. The smallest absolute Gasteiger partial charge is 0.414 e. The lowest BCUT2D eigenvalue weighted by atomic mass is 10.2. The van der Waals surface area contributed by atoms with E-state index in [1.165, 1.54) is 6.08 Å². The lowest BCUT2D eigenvalue weighted by Gasteiger charge is -2.26. The SMILES string of the molecule is C=CCOC(=O)N/C(=N/c1ccc(C=O)cc1)N(CCCC)CCCC. The summed E-state index contributed by atoms with van der Waals surface area (Å²) >= 11 is 0. The third-order valence-corrected chi connectivity index (χ3v) is 3.67. The summed E-state index contributed by atoms with van der Waals surface area (Å²) in [6.07, 6.45) is 5.82. The van der Waals surface area contributed by atoms with E-state index >= 15 is 0 Å². The Morgan fingerprint density at radius 1 is 1.19 bits per heavy atom. The van der Waals surface area contributed by atoms with Crippen LogP contribution >= 0.6 is 0 Å². The van der Waals surface area contributed by atoms with Crippen LogP contribution in [-0.2, 0) is 4.74 Å². The molecule has 1 amide bonds. The summed E-state index contributed by atoms with van der Waals surface area (Å²) in [6, 6.07) is 6.89. The predicted molar refractivity (Wildman–Crippen MR) is 105 cm³/mol. The molecule has 6 nitrogen and oxygen atoms in total. The molecule has 0 saturated heterocycles. The number of aliphatic imine (C=N–C) groups is 1. The molecular weight excluding hydrogens is 330 g/mol. The predicted octanol–water partition coefficient (Wildman–Crippen LogP) is 4.30. The van der Waals surface area contributed by atoms with Gasteiger partial charge in [0.15, 0.2) is 0 Å². The van der Waals surface area contributed by atoms with Gasteiger partial charge in [-0.15, -0.1) is 0 Å². The third-order valence-electron chi connectivity index (χ3n) is 3.67. The molecule has 6 heteroatoms. The van der Waals surface area contributed by atoms with Crippen LogP contribution < -0.4 is 5.32 Å². The fourth-order valence-electron chi connectivity index (χ4n) is 2.21. The van der Waals surface area contributed by atoms with Gasteiger partial charge in [0.25, 0.3) is 0 Å². The number of guanidine groups is 1. The zero-order valence-electron chi connectivity index (χ0n) is 15.7. The molecule has 1 aromatic rings. The average Bonchev–Trinajstić information content (AvgIpc) is 2.66. The van der Waals surface area contributed by atoms with Crippen LogP contribution in [0.2, 0.25) is 0 Å². The number of hydrogen-bond donors (Lipinski definition) is 1. The first-order valence-corrected chi connectivity index (χ1v) is 9.08. The molecule has 1 rings (SSSR count). The maximum atomic E-state index is 12.0. The molecule has 0 saturated carbocycles. The van der Waals surface area contributed by atoms with E-state index in [1.807, 2.05) is 0 Å². The number of carbonyl (C=O) groups excluding carboxylic acids is 2. The Morgan fingerprint density at radius 3 is 2.31 bits per heavy atom. The molecule has 0 heterocycles. The standard InChI is InChI=1S/C20H29N3O3/c1-4-7-13-23(14-8-5-2)19(22-20(25)26-15-6-3)21-18-11-9-17(16-24)10-12-18/h6,9-12,16H,3-5,7-8,13-15H2,1-2H3,(H,21,22,25). The average molecular weight is 359 g/mol. The van der Waals surface area contributed by atoms with Crippen molar-refractivity contribution < 1.29 is 14.3 Å². The lowest BCUT2D eigenvalue weighted by molar-refractivity contribution is 0.112. The summed E-state index contributed by atoms with van der Waals surface area (Å²) in [5, 5.41) is 2.74. The Morgan fingerprint density at radius 2 is 1.81 bits per heavy atom. The van der Waals surface area contributed by atoms with Gasteiger partial charge in [-0.3, -0.25) is 10.1 Å². The minimum absolute atomic E-state index is 0.136. The second-order valence-corrected chi connectivity index (χ2v) is 5.85. The Hall–Kier alpha value is -2.63. The van der Waals surface area contributed by atoms with Crippen molar-refractivity contribution in [3.8, 4) is 0 Å². The molecule has 0 aromatic heterocycles. The summed E-state index contributed by atoms with van der Waals surface area (Å²) in [4.78, 5) is 29.5. The Bertz CT molecular complexity index is 589. The highest BCUT2D eigenvalue weighted by atomic mass is 16.5. The number of carbonyl (C=O) groups is 2. The van der Waals surface area contributed by atoms with E-state index in [2.05, 4.69) is 35.6 Å². The van der Waals surface area contributed by atoms with Crippen molar-refractivity contribution >= 4 is 24.0 Å². The van der Waals surface area contributed by atoms with Crippen molar-refractivity contribution in [3.63, 3.8) is 0 Å². The number of alkyl carbamates (subject to hydrolysis) is 1. The summed E-state index contributed by atoms with van der Waals surface area (Å²) < 4.78 is 5.03. The van der Waals surface area contributed by atoms with Crippen LogP contribution in [0, 0.1) is 0 Å². The molecule has 0 aliphatic heterocycles. The van der Waals surface area contributed by atoms with Crippen LogP contribution in [0.15, 0.2) is 41.9 Å². The maximum absolute atomic E-state index is 12.0. The number of amides is 1. The Labute approximate surface area is 155 Å². The van der Waals surface area contributed by atoms with Crippen LogP contribution in [0.25, 0.3) is 0 Å². The summed E-state index contributed by atoms with van der Waals surface area (Å²) in [7, 11) is 0. The largest absolute Gasteiger partial charge is 0.445 e. The lowest BCUT2D eigenvalue weighted by Crippen LogP contribution is -2.45. The molecule has 0 unspecified atom stereocenters. The van der Waals surface area contributed by atoms with E-state index in [-0.39, 0.29) is 6.61 Å².